The van der Waals surface area contributed by atoms with E-state index in [2.05, 4.69) is 4.21 Å². The molecule has 0 atom stereocenters. The van der Waals surface area contributed by atoms with Crippen molar-refractivity contribution in [3.05, 3.63) is 0 Å². The molecule has 1 radical (unpaired) electrons. The van der Waals surface area contributed by atoms with Crippen LogP contribution in [-0.2, 0) is 25.8 Å². The maximum atomic E-state index is 9.48. The van der Waals surface area contributed by atoms with Crippen molar-refractivity contribution in [2.45, 2.75) is 0 Å². The van der Waals surface area contributed by atoms with Gasteiger partial charge in [-0.25, -0.2) is 4.57 Å². The third-order valence-corrected chi connectivity index (χ3v) is 1.51. The summed E-state index contributed by atoms with van der Waals surface area (Å²) in [5, 5.41) is 0. The predicted octanol–water partition coefficient (Wildman–Crippen LogP) is -2.54. The molecule has 0 fully saturated rings. The second-order valence-corrected chi connectivity index (χ2v) is 2.63. The molecule has 0 spiro atoms. The summed E-state index contributed by atoms with van der Waals surface area (Å²) in [6.07, 6.45) is 0. The monoisotopic (exact) mass is 213 g/mol. The Morgan fingerprint density at radius 1 is 1.50 bits per heavy atom. The summed E-state index contributed by atoms with van der Waals surface area (Å²) < 4.78 is 13.1. The summed E-state index contributed by atoms with van der Waals surface area (Å²) in [4.78, 5) is 15.4. The normalized spacial score (nSPS) is 8.88. The summed E-state index contributed by atoms with van der Waals surface area (Å²) in [5.41, 5.74) is 0. The van der Waals surface area contributed by atoms with Crippen LogP contribution in [0.1, 0.15) is 0 Å². The molecule has 0 aromatic carbocycles. The molecular formula is H7AlFeO4PSi. The molecule has 0 unspecified atom stereocenters. The second-order valence-electron chi connectivity index (χ2n) is 0.620. The SMILES string of the molecule is O=P(O)(O)O[SiH2].[AlH3].[Fe]. The van der Waals surface area contributed by atoms with Crippen LogP contribution in [0.4, 0.5) is 0 Å². The smallest absolute Gasteiger partial charge is 0.339 e. The van der Waals surface area contributed by atoms with Crippen LogP contribution in [0.25, 0.3) is 0 Å². The Morgan fingerprint density at radius 3 is 1.62 bits per heavy atom. The van der Waals surface area contributed by atoms with E-state index in [1.807, 2.05) is 0 Å². The summed E-state index contributed by atoms with van der Waals surface area (Å²) in [7, 11) is -3.36. The van der Waals surface area contributed by atoms with Crippen molar-refractivity contribution in [1.82, 2.24) is 0 Å². The van der Waals surface area contributed by atoms with Gasteiger partial charge in [0.2, 0.25) is 0 Å². The largest absolute Gasteiger partial charge is 0.458 e. The number of hydrogen-bond donors (Lipinski definition) is 2. The summed E-state index contributed by atoms with van der Waals surface area (Å²) in [6, 6.07) is 0. The van der Waals surface area contributed by atoms with E-state index < -0.39 is 7.82 Å². The van der Waals surface area contributed by atoms with Crippen molar-refractivity contribution < 1.29 is 35.6 Å². The van der Waals surface area contributed by atoms with Gasteiger partial charge in [-0.2, -0.15) is 0 Å². The molecule has 8 heteroatoms. The third kappa shape index (κ3) is 15.7. The molecule has 0 saturated carbocycles. The first kappa shape index (κ1) is 16.2. The molecule has 0 heterocycles. The summed E-state index contributed by atoms with van der Waals surface area (Å²) in [6.45, 7) is 0. The molecule has 2 N–H and O–H groups in total. The fourth-order valence-corrected chi connectivity index (χ4v) is 0. The molecule has 0 aromatic rings. The number of rotatable bonds is 1. The van der Waals surface area contributed by atoms with Crippen molar-refractivity contribution in [3.8, 4) is 0 Å². The van der Waals surface area contributed by atoms with E-state index in [9.17, 15) is 4.57 Å². The van der Waals surface area contributed by atoms with Gasteiger partial charge < -0.3 is 14.0 Å². The van der Waals surface area contributed by atoms with Crippen molar-refractivity contribution in [2.75, 3.05) is 0 Å². The molecule has 4 nitrogen and oxygen atoms in total. The Morgan fingerprint density at radius 2 is 1.62 bits per heavy atom. The van der Waals surface area contributed by atoms with Crippen LogP contribution in [0.5, 0.6) is 0 Å². The van der Waals surface area contributed by atoms with E-state index in [0.29, 0.717) is 0 Å². The van der Waals surface area contributed by atoms with Crippen LogP contribution in [-0.4, -0.2) is 37.6 Å². The average Bonchev–Trinajstić information content (AvgIpc) is 1.35. The molecule has 0 aliphatic carbocycles. The van der Waals surface area contributed by atoms with Gasteiger partial charge >= 0.3 is 7.82 Å². The second kappa shape index (κ2) is 6.50. The minimum Gasteiger partial charge on any atom is -0.339 e. The molecule has 0 aromatic heterocycles. The van der Waals surface area contributed by atoms with Crippen LogP contribution < -0.4 is 0 Å². The molecule has 0 saturated heterocycles. The first-order valence-corrected chi connectivity index (χ1v) is 3.16. The quantitative estimate of drug-likeness (QED) is 0.372. The number of phosphoric acid groups is 1. The topological polar surface area (TPSA) is 66.8 Å². The molecule has 0 bridgehead atoms. The maximum Gasteiger partial charge on any atom is 0.458 e. The zero-order chi connectivity index (χ0) is 5.21. The molecule has 0 aliphatic heterocycles. The molecule has 51 valence electrons. The van der Waals surface area contributed by atoms with Crippen molar-refractivity contribution in [3.63, 3.8) is 0 Å². The summed E-state index contributed by atoms with van der Waals surface area (Å²) >= 11 is 0. The van der Waals surface area contributed by atoms with E-state index in [1.165, 1.54) is 0 Å². The van der Waals surface area contributed by atoms with Gasteiger partial charge in [0.05, 0.1) is 0 Å². The third-order valence-electron chi connectivity index (χ3n) is 0.168. The van der Waals surface area contributed by atoms with Crippen molar-refractivity contribution in [2.24, 2.45) is 0 Å². The fraction of sp³-hybridized carbons (Fsp3) is 0. The molecule has 0 aliphatic rings. The van der Waals surface area contributed by atoms with Crippen LogP contribution in [0, 0.1) is 0 Å². The van der Waals surface area contributed by atoms with E-state index in [-0.39, 0.29) is 34.4 Å². The van der Waals surface area contributed by atoms with Gasteiger partial charge in [0.15, 0.2) is 27.8 Å². The Kier molecular flexibility index (Phi) is 13.1. The molecule has 8 heavy (non-hydrogen) atoms. The van der Waals surface area contributed by atoms with Crippen LogP contribution >= 0.6 is 7.82 Å². The Balaban J connectivity index is -0.000000125. The van der Waals surface area contributed by atoms with E-state index in [4.69, 9.17) is 9.79 Å². The summed E-state index contributed by atoms with van der Waals surface area (Å²) in [5.74, 6) is 0. The van der Waals surface area contributed by atoms with Crippen LogP contribution in [0.15, 0.2) is 0 Å². The fourth-order valence-electron chi connectivity index (χ4n) is 0. The van der Waals surface area contributed by atoms with Crippen molar-refractivity contribution >= 4 is 35.7 Å². The van der Waals surface area contributed by atoms with Gasteiger partial charge in [0, 0.05) is 17.1 Å². The van der Waals surface area contributed by atoms with Gasteiger partial charge in [-0.1, -0.05) is 0 Å². The average molecular weight is 213 g/mol. The van der Waals surface area contributed by atoms with Gasteiger partial charge in [-0.3, -0.25) is 0 Å². The first-order valence-electron chi connectivity index (χ1n) is 1.05. The van der Waals surface area contributed by atoms with E-state index >= 15 is 0 Å². The Hall–Kier alpha value is 1.38. The van der Waals surface area contributed by atoms with E-state index in [1.54, 1.807) is 0 Å². The molecule has 0 rings (SSSR count). The van der Waals surface area contributed by atoms with Crippen LogP contribution in [0.2, 0.25) is 0 Å². The first-order chi connectivity index (χ1) is 2.56. The predicted molar refractivity (Wildman–Crippen MR) is 31.6 cm³/mol. The van der Waals surface area contributed by atoms with Gasteiger partial charge in [0.25, 0.3) is 0 Å². The van der Waals surface area contributed by atoms with E-state index in [0.717, 1.165) is 10.5 Å². The zero-order valence-corrected chi connectivity index (χ0v) is 6.63. The Labute approximate surface area is 71.4 Å². The molecule has 0 amide bonds. The van der Waals surface area contributed by atoms with Crippen molar-refractivity contribution in [1.29, 1.82) is 0 Å². The van der Waals surface area contributed by atoms with Crippen LogP contribution in [0.3, 0.4) is 0 Å². The maximum absolute atomic E-state index is 9.48. The number of hydrogen-bond acceptors (Lipinski definition) is 2. The molecular weight excluding hydrogens is 206 g/mol. The van der Waals surface area contributed by atoms with Gasteiger partial charge in [-0.15, -0.1) is 0 Å². The zero-order valence-electron chi connectivity index (χ0n) is 3.22. The Bertz CT molecular complexity index is 80.1. The minimum atomic E-state index is -4.13. The van der Waals surface area contributed by atoms with Gasteiger partial charge in [0.1, 0.15) is 0 Å². The standard InChI is InChI=1S/Al.Fe.H4O4PSi.3H/c;;1-5(2,3)4-6;;;/h;;6H2,(H2,1,2,3);;;. The minimum absolute atomic E-state index is 0. The van der Waals surface area contributed by atoms with Gasteiger partial charge in [-0.05, 0) is 0 Å².